The number of alkyl halides is 3. The third-order valence-corrected chi connectivity index (χ3v) is 5.32. The molecular weight excluding hydrogens is 447 g/mol. The van der Waals surface area contributed by atoms with Crippen LogP contribution in [0.2, 0.25) is 0 Å². The average molecular weight is 473 g/mol. The van der Waals surface area contributed by atoms with Crippen LogP contribution in [0.1, 0.15) is 48.0 Å². The van der Waals surface area contributed by atoms with E-state index in [-0.39, 0.29) is 18.4 Å². The number of amides is 2. The Balaban J connectivity index is 0.000000479. The summed E-state index contributed by atoms with van der Waals surface area (Å²) in [6.07, 6.45) is -0.308. The zero-order valence-corrected chi connectivity index (χ0v) is 17.8. The maximum Gasteiger partial charge on any atom is 0.490 e. The molecule has 1 fully saturated rings. The molecule has 2 amide bonds. The topological polar surface area (TPSA) is 136 Å². The number of nitrogens with zero attached hydrogens (tertiary/aromatic N) is 1. The van der Waals surface area contributed by atoms with E-state index in [1.165, 1.54) is 17.7 Å². The fraction of sp³-hybridized carbons (Fsp3) is 0.524. The van der Waals surface area contributed by atoms with Crippen LogP contribution in [0, 0.1) is 5.92 Å². The van der Waals surface area contributed by atoms with Crippen LogP contribution in [-0.4, -0.2) is 64.7 Å². The summed E-state index contributed by atoms with van der Waals surface area (Å²) < 4.78 is 31.7. The summed E-state index contributed by atoms with van der Waals surface area (Å²) >= 11 is 0. The van der Waals surface area contributed by atoms with Crippen LogP contribution in [0.15, 0.2) is 18.2 Å². The summed E-state index contributed by atoms with van der Waals surface area (Å²) in [6.45, 7) is 2.12. The molecule has 2 aliphatic heterocycles. The van der Waals surface area contributed by atoms with Crippen molar-refractivity contribution in [2.24, 2.45) is 5.92 Å². The second-order valence-corrected chi connectivity index (χ2v) is 7.86. The highest BCUT2D eigenvalue weighted by molar-refractivity contribution is 6.01. The Hall–Kier alpha value is -3.15. The number of carbonyl (C=O) groups is 4. The van der Waals surface area contributed by atoms with E-state index in [2.05, 4.69) is 10.6 Å². The number of rotatable bonds is 7. The summed E-state index contributed by atoms with van der Waals surface area (Å²) in [5.74, 6) is -3.43. The number of carbonyl (C=O) groups excluding carboxylic acids is 2. The smallest absolute Gasteiger partial charge is 0.480 e. The van der Waals surface area contributed by atoms with Crippen molar-refractivity contribution in [1.29, 1.82) is 0 Å². The van der Waals surface area contributed by atoms with Crippen molar-refractivity contribution in [3.63, 3.8) is 0 Å². The molecule has 0 spiro atoms. The van der Waals surface area contributed by atoms with Crippen LogP contribution >= 0.6 is 0 Å². The molecule has 2 aliphatic rings. The summed E-state index contributed by atoms with van der Waals surface area (Å²) in [7, 11) is 0. The van der Waals surface area contributed by atoms with Gasteiger partial charge in [0.25, 0.3) is 5.91 Å². The van der Waals surface area contributed by atoms with E-state index in [1.807, 2.05) is 0 Å². The van der Waals surface area contributed by atoms with Crippen molar-refractivity contribution < 1.29 is 42.6 Å². The number of fused-ring (bicyclic) bond motifs is 1. The Morgan fingerprint density at radius 1 is 1.15 bits per heavy atom. The van der Waals surface area contributed by atoms with E-state index >= 15 is 0 Å². The third-order valence-electron chi connectivity index (χ3n) is 5.32. The third kappa shape index (κ3) is 8.37. The molecule has 182 valence electrons. The molecule has 0 aliphatic carbocycles. The molecule has 3 rings (SSSR count). The van der Waals surface area contributed by atoms with Gasteiger partial charge >= 0.3 is 18.1 Å². The molecule has 4 N–H and O–H groups in total. The molecule has 1 aromatic rings. The zero-order valence-electron chi connectivity index (χ0n) is 17.8. The molecule has 0 saturated carbocycles. The number of nitrogens with one attached hydrogen (secondary N) is 2. The van der Waals surface area contributed by atoms with Crippen molar-refractivity contribution in [2.45, 2.75) is 44.8 Å². The van der Waals surface area contributed by atoms with Gasteiger partial charge in [0.05, 0.1) is 0 Å². The molecule has 12 heteroatoms. The first kappa shape index (κ1) is 26.1. The minimum absolute atomic E-state index is 0.0493. The summed E-state index contributed by atoms with van der Waals surface area (Å²) in [4.78, 5) is 45.4. The van der Waals surface area contributed by atoms with Crippen LogP contribution in [-0.2, 0) is 20.9 Å². The number of hydrogen-bond acceptors (Lipinski definition) is 5. The van der Waals surface area contributed by atoms with E-state index in [0.717, 1.165) is 31.5 Å². The van der Waals surface area contributed by atoms with Crippen molar-refractivity contribution in [1.82, 2.24) is 10.2 Å². The highest BCUT2D eigenvalue weighted by Crippen LogP contribution is 2.26. The van der Waals surface area contributed by atoms with Crippen molar-refractivity contribution in [2.75, 3.05) is 25.0 Å². The van der Waals surface area contributed by atoms with E-state index in [9.17, 15) is 27.6 Å². The Kier molecular flexibility index (Phi) is 9.21. The lowest BCUT2D eigenvalue weighted by Gasteiger charge is -2.22. The molecule has 33 heavy (non-hydrogen) atoms. The molecule has 0 bridgehead atoms. The average Bonchev–Trinajstić information content (AvgIpc) is 3.03. The lowest BCUT2D eigenvalue weighted by Crippen LogP contribution is -2.29. The maximum absolute atomic E-state index is 12.3. The van der Waals surface area contributed by atoms with Gasteiger partial charge in [0.15, 0.2) is 0 Å². The van der Waals surface area contributed by atoms with Gasteiger partial charge in [-0.1, -0.05) is 6.07 Å². The molecular formula is C21H26F3N3O6. The standard InChI is InChI=1S/C19H25N3O4.C2HF3O2/c23-17(3-1-2-13-6-8-20-9-7-13)21-15-5-4-14-11-22(12-18(24)25)19(26)16(14)10-15;3-2(4,5)1(6)7/h4-5,10,13,20H,1-3,6-9,11-12H2,(H,21,23)(H,24,25);(H,6,7). The molecule has 1 saturated heterocycles. The summed E-state index contributed by atoms with van der Waals surface area (Å²) in [6, 6.07) is 5.19. The SMILES string of the molecule is O=C(O)C(F)(F)F.O=C(O)CN1Cc2ccc(NC(=O)CCCC3CCNCC3)cc2C1=O. The second kappa shape index (κ2) is 11.6. The Labute approximate surface area is 187 Å². The quantitative estimate of drug-likeness (QED) is 0.478. The van der Waals surface area contributed by atoms with Gasteiger partial charge < -0.3 is 25.7 Å². The molecule has 0 unspecified atom stereocenters. The molecule has 9 nitrogen and oxygen atoms in total. The minimum atomic E-state index is -5.08. The van der Waals surface area contributed by atoms with Gasteiger partial charge in [-0.25, -0.2) is 4.79 Å². The van der Waals surface area contributed by atoms with Crippen molar-refractivity contribution in [3.05, 3.63) is 29.3 Å². The number of carboxylic acid groups (broad SMARTS) is 2. The highest BCUT2D eigenvalue weighted by atomic mass is 19.4. The number of carboxylic acids is 2. The highest BCUT2D eigenvalue weighted by Gasteiger charge is 2.38. The normalized spacial score (nSPS) is 16.0. The van der Waals surface area contributed by atoms with Gasteiger partial charge in [-0.3, -0.25) is 14.4 Å². The molecule has 0 aromatic heterocycles. The Morgan fingerprint density at radius 3 is 2.36 bits per heavy atom. The monoisotopic (exact) mass is 473 g/mol. The lowest BCUT2D eigenvalue weighted by molar-refractivity contribution is -0.192. The first-order valence-corrected chi connectivity index (χ1v) is 10.4. The minimum Gasteiger partial charge on any atom is -0.480 e. The van der Waals surface area contributed by atoms with Crippen LogP contribution in [0.4, 0.5) is 18.9 Å². The zero-order chi connectivity index (χ0) is 24.6. The molecule has 0 radical (unpaired) electrons. The summed E-state index contributed by atoms with van der Waals surface area (Å²) in [5, 5.41) is 22.2. The fourth-order valence-electron chi connectivity index (χ4n) is 3.68. The first-order chi connectivity index (χ1) is 15.5. The Morgan fingerprint density at radius 2 is 1.79 bits per heavy atom. The predicted molar refractivity (Wildman–Crippen MR) is 111 cm³/mol. The van der Waals surface area contributed by atoms with Gasteiger partial charge in [-0.15, -0.1) is 0 Å². The van der Waals surface area contributed by atoms with Crippen LogP contribution < -0.4 is 10.6 Å². The van der Waals surface area contributed by atoms with Gasteiger partial charge in [0.2, 0.25) is 5.91 Å². The van der Waals surface area contributed by atoms with Crippen molar-refractivity contribution in [3.8, 4) is 0 Å². The molecule has 0 atom stereocenters. The van der Waals surface area contributed by atoms with Gasteiger partial charge in [-0.2, -0.15) is 13.2 Å². The van der Waals surface area contributed by atoms with Gasteiger partial charge in [0, 0.05) is 24.2 Å². The molecule has 2 heterocycles. The Bertz CT molecular complexity index is 884. The van der Waals surface area contributed by atoms with E-state index < -0.39 is 18.1 Å². The number of benzene rings is 1. The number of hydrogen-bond donors (Lipinski definition) is 4. The first-order valence-electron chi connectivity index (χ1n) is 10.4. The second-order valence-electron chi connectivity index (χ2n) is 7.86. The van der Waals surface area contributed by atoms with Crippen LogP contribution in [0.5, 0.6) is 0 Å². The van der Waals surface area contributed by atoms with E-state index in [0.29, 0.717) is 30.1 Å². The molecule has 1 aromatic carbocycles. The summed E-state index contributed by atoms with van der Waals surface area (Å²) in [5.41, 5.74) is 1.85. The largest absolute Gasteiger partial charge is 0.490 e. The van der Waals surface area contributed by atoms with Crippen molar-refractivity contribution >= 4 is 29.4 Å². The maximum atomic E-state index is 12.3. The fourth-order valence-corrected chi connectivity index (χ4v) is 3.68. The van der Waals surface area contributed by atoms with Crippen LogP contribution in [0.3, 0.4) is 0 Å². The van der Waals surface area contributed by atoms with E-state index in [4.69, 9.17) is 15.0 Å². The number of aliphatic carboxylic acids is 2. The van der Waals surface area contributed by atoms with Gasteiger partial charge in [0.1, 0.15) is 6.54 Å². The van der Waals surface area contributed by atoms with E-state index in [1.54, 1.807) is 18.2 Å². The number of halogens is 3. The number of piperidine rings is 1. The predicted octanol–water partition coefficient (Wildman–Crippen LogP) is 2.47. The number of anilines is 1. The van der Waals surface area contributed by atoms with Gasteiger partial charge in [-0.05, 0) is 62.4 Å². The lowest BCUT2D eigenvalue weighted by atomic mass is 9.92. The van der Waals surface area contributed by atoms with Crippen LogP contribution in [0.25, 0.3) is 0 Å².